The number of methoxy groups -OCH3 is 1. The van der Waals surface area contributed by atoms with Gasteiger partial charge in [0, 0.05) is 6.54 Å². The number of nitrogens with one attached hydrogen (secondary N) is 1. The van der Waals surface area contributed by atoms with Crippen LogP contribution in [0.25, 0.3) is 0 Å². The summed E-state index contributed by atoms with van der Waals surface area (Å²) in [5.74, 6) is 1.31. The van der Waals surface area contributed by atoms with Gasteiger partial charge in [0.1, 0.15) is 0 Å². The van der Waals surface area contributed by atoms with Crippen LogP contribution >= 0.6 is 11.6 Å². The van der Waals surface area contributed by atoms with Gasteiger partial charge in [-0.2, -0.15) is 0 Å². The molecule has 0 aliphatic carbocycles. The van der Waals surface area contributed by atoms with Gasteiger partial charge in [0.2, 0.25) is 0 Å². The largest absolute Gasteiger partial charge is 0.493 e. The molecule has 0 bridgehead atoms. The first-order valence-electron chi connectivity index (χ1n) is 7.98. The molecule has 0 unspecified atom stereocenters. The Labute approximate surface area is 143 Å². The van der Waals surface area contributed by atoms with E-state index in [-0.39, 0.29) is 0 Å². The molecule has 0 aromatic heterocycles. The zero-order valence-electron chi connectivity index (χ0n) is 13.8. The molecule has 124 valence electrons. The Morgan fingerprint density at radius 2 is 1.87 bits per heavy atom. The average molecular weight is 334 g/mol. The van der Waals surface area contributed by atoms with Crippen molar-refractivity contribution < 1.29 is 9.47 Å². The van der Waals surface area contributed by atoms with Crippen molar-refractivity contribution in [3.05, 3.63) is 58.6 Å². The van der Waals surface area contributed by atoms with Crippen molar-refractivity contribution in [3.8, 4) is 11.5 Å². The van der Waals surface area contributed by atoms with E-state index in [4.69, 9.17) is 21.1 Å². The molecule has 4 heteroatoms. The quantitative estimate of drug-likeness (QED) is 0.687. The minimum Gasteiger partial charge on any atom is -0.493 e. The summed E-state index contributed by atoms with van der Waals surface area (Å²) in [4.78, 5) is 0. The van der Waals surface area contributed by atoms with Crippen molar-refractivity contribution in [1.82, 2.24) is 5.32 Å². The van der Waals surface area contributed by atoms with E-state index in [9.17, 15) is 0 Å². The predicted octanol–water partition coefficient (Wildman–Crippen LogP) is 4.47. The Bertz CT molecular complexity index is 602. The van der Waals surface area contributed by atoms with Crippen molar-refractivity contribution in [2.24, 2.45) is 0 Å². The third-order valence-corrected chi connectivity index (χ3v) is 3.78. The van der Waals surface area contributed by atoms with Gasteiger partial charge in [0.25, 0.3) is 0 Å². The van der Waals surface area contributed by atoms with Crippen LogP contribution < -0.4 is 14.8 Å². The highest BCUT2D eigenvalue weighted by molar-refractivity contribution is 6.32. The van der Waals surface area contributed by atoms with Crippen LogP contribution in [0.5, 0.6) is 11.5 Å². The van der Waals surface area contributed by atoms with Gasteiger partial charge in [0.15, 0.2) is 11.5 Å². The molecule has 3 nitrogen and oxygen atoms in total. The maximum absolute atomic E-state index is 6.32. The first-order valence-corrected chi connectivity index (χ1v) is 8.36. The van der Waals surface area contributed by atoms with Crippen LogP contribution in [0.3, 0.4) is 0 Å². The summed E-state index contributed by atoms with van der Waals surface area (Å²) in [6.07, 6.45) is 1.94. The zero-order valence-corrected chi connectivity index (χ0v) is 14.5. The molecule has 2 aromatic carbocycles. The Morgan fingerprint density at radius 3 is 2.57 bits per heavy atom. The molecule has 0 amide bonds. The van der Waals surface area contributed by atoms with Crippen LogP contribution in [0.15, 0.2) is 42.5 Å². The fraction of sp³-hybridized carbons (Fsp3) is 0.368. The van der Waals surface area contributed by atoms with E-state index >= 15 is 0 Å². The van der Waals surface area contributed by atoms with Crippen LogP contribution in [0, 0.1) is 0 Å². The van der Waals surface area contributed by atoms with E-state index in [1.54, 1.807) is 7.11 Å². The van der Waals surface area contributed by atoms with Gasteiger partial charge in [-0.05, 0) is 42.6 Å². The van der Waals surface area contributed by atoms with Crippen molar-refractivity contribution in [3.63, 3.8) is 0 Å². The normalized spacial score (nSPS) is 10.6. The molecule has 2 rings (SSSR count). The molecule has 0 atom stereocenters. The summed E-state index contributed by atoms with van der Waals surface area (Å²) < 4.78 is 11.1. The van der Waals surface area contributed by atoms with E-state index in [1.165, 1.54) is 5.56 Å². The second kappa shape index (κ2) is 9.43. The Balaban J connectivity index is 1.91. The first kappa shape index (κ1) is 17.6. The van der Waals surface area contributed by atoms with Crippen LogP contribution in [0.2, 0.25) is 5.02 Å². The van der Waals surface area contributed by atoms with Gasteiger partial charge in [-0.1, -0.05) is 48.9 Å². The lowest BCUT2D eigenvalue weighted by Crippen LogP contribution is -2.16. The molecule has 0 fully saturated rings. The summed E-state index contributed by atoms with van der Waals surface area (Å²) >= 11 is 6.32. The third kappa shape index (κ3) is 5.45. The van der Waals surface area contributed by atoms with Gasteiger partial charge < -0.3 is 14.8 Å². The number of rotatable bonds is 9. The smallest absolute Gasteiger partial charge is 0.179 e. The van der Waals surface area contributed by atoms with Crippen molar-refractivity contribution in [1.29, 1.82) is 0 Å². The average Bonchev–Trinajstić information content (AvgIpc) is 2.58. The SMILES string of the molecule is CCCOc1c(Cl)cc(CNCCc2ccccc2)cc1OC. The third-order valence-electron chi connectivity index (χ3n) is 3.50. The number of hydrogen-bond donors (Lipinski definition) is 1. The molecule has 0 aliphatic heterocycles. The summed E-state index contributed by atoms with van der Waals surface area (Å²) in [6, 6.07) is 14.4. The standard InChI is InChI=1S/C19H24ClNO2/c1-3-11-23-19-17(20)12-16(13-18(19)22-2)14-21-10-9-15-7-5-4-6-8-15/h4-8,12-13,21H,3,9-11,14H2,1-2H3. The lowest BCUT2D eigenvalue weighted by molar-refractivity contribution is 0.294. The topological polar surface area (TPSA) is 30.5 Å². The zero-order chi connectivity index (χ0) is 16.5. The minimum absolute atomic E-state index is 0.595. The summed E-state index contributed by atoms with van der Waals surface area (Å²) in [6.45, 7) is 4.35. The molecular formula is C19H24ClNO2. The van der Waals surface area contributed by atoms with Gasteiger partial charge >= 0.3 is 0 Å². The van der Waals surface area contributed by atoms with E-state index in [0.717, 1.165) is 31.5 Å². The molecule has 0 aliphatic rings. The van der Waals surface area contributed by atoms with Gasteiger partial charge in [-0.15, -0.1) is 0 Å². The van der Waals surface area contributed by atoms with Crippen LogP contribution in [-0.2, 0) is 13.0 Å². The molecular weight excluding hydrogens is 310 g/mol. The summed E-state index contributed by atoms with van der Waals surface area (Å²) in [7, 11) is 1.64. The van der Waals surface area contributed by atoms with Crippen molar-refractivity contribution in [2.45, 2.75) is 26.3 Å². The lowest BCUT2D eigenvalue weighted by Gasteiger charge is -2.14. The highest BCUT2D eigenvalue weighted by Gasteiger charge is 2.11. The summed E-state index contributed by atoms with van der Waals surface area (Å²) in [5.41, 5.74) is 2.42. The molecule has 0 spiro atoms. The van der Waals surface area contributed by atoms with Crippen molar-refractivity contribution in [2.75, 3.05) is 20.3 Å². The Kier molecular flexibility index (Phi) is 7.24. The van der Waals surface area contributed by atoms with E-state index in [0.29, 0.717) is 23.1 Å². The van der Waals surface area contributed by atoms with Gasteiger partial charge in [-0.25, -0.2) is 0 Å². The summed E-state index contributed by atoms with van der Waals surface area (Å²) in [5, 5.41) is 4.03. The number of ether oxygens (including phenoxy) is 2. The van der Waals surface area contributed by atoms with E-state index < -0.39 is 0 Å². The highest BCUT2D eigenvalue weighted by atomic mass is 35.5. The Hall–Kier alpha value is -1.71. The molecule has 0 heterocycles. The fourth-order valence-electron chi connectivity index (χ4n) is 2.33. The molecule has 2 aromatic rings. The maximum atomic E-state index is 6.32. The van der Waals surface area contributed by atoms with E-state index in [2.05, 4.69) is 36.5 Å². The van der Waals surface area contributed by atoms with Crippen LogP contribution in [0.4, 0.5) is 0 Å². The molecule has 23 heavy (non-hydrogen) atoms. The van der Waals surface area contributed by atoms with Crippen molar-refractivity contribution >= 4 is 11.6 Å². The molecule has 0 saturated carbocycles. The fourth-order valence-corrected chi connectivity index (χ4v) is 2.62. The number of halogens is 1. The molecule has 0 radical (unpaired) electrons. The maximum Gasteiger partial charge on any atom is 0.179 e. The van der Waals surface area contributed by atoms with Gasteiger partial charge in [0.05, 0.1) is 18.7 Å². The lowest BCUT2D eigenvalue weighted by atomic mass is 10.1. The highest BCUT2D eigenvalue weighted by Crippen LogP contribution is 2.36. The predicted molar refractivity (Wildman–Crippen MR) is 95.6 cm³/mol. The van der Waals surface area contributed by atoms with Crippen LogP contribution in [-0.4, -0.2) is 20.3 Å². The Morgan fingerprint density at radius 1 is 1.09 bits per heavy atom. The second-order valence-corrected chi connectivity index (χ2v) is 5.78. The van der Waals surface area contributed by atoms with E-state index in [1.807, 2.05) is 18.2 Å². The number of hydrogen-bond acceptors (Lipinski definition) is 3. The first-order chi connectivity index (χ1) is 11.2. The molecule has 1 N–H and O–H groups in total. The van der Waals surface area contributed by atoms with Crippen LogP contribution in [0.1, 0.15) is 24.5 Å². The van der Waals surface area contributed by atoms with Gasteiger partial charge in [-0.3, -0.25) is 0 Å². The number of benzene rings is 2. The second-order valence-electron chi connectivity index (χ2n) is 5.37. The minimum atomic E-state index is 0.595. The molecule has 0 saturated heterocycles. The monoisotopic (exact) mass is 333 g/mol.